The van der Waals surface area contributed by atoms with Crippen molar-refractivity contribution in [1.29, 1.82) is 0 Å². The molecule has 0 amide bonds. The molecule has 5 atom stereocenters. The van der Waals surface area contributed by atoms with Gasteiger partial charge in [-0.15, -0.1) is 0 Å². The Hall–Kier alpha value is -1.32. The number of carbonyl (C=O) groups is 2. The number of carbonyl (C=O) groups excluding carboxylic acids is 2. The molecule has 1 saturated heterocycles. The molecule has 4 aliphatic rings. The highest BCUT2D eigenvalue weighted by Crippen LogP contribution is 2.60. The highest BCUT2D eigenvalue weighted by atomic mass is 16.6. The van der Waals surface area contributed by atoms with Gasteiger partial charge in [-0.05, 0) is 43.6 Å². The molecule has 4 heteroatoms. The summed E-state index contributed by atoms with van der Waals surface area (Å²) in [4.78, 5) is 24.3. The van der Waals surface area contributed by atoms with Crippen LogP contribution in [0.3, 0.4) is 0 Å². The van der Waals surface area contributed by atoms with Gasteiger partial charge in [0.15, 0.2) is 0 Å². The fourth-order valence-electron chi connectivity index (χ4n) is 4.53. The first-order valence-electron chi connectivity index (χ1n) is 7.26. The third-order valence-corrected chi connectivity index (χ3v) is 5.41. The van der Waals surface area contributed by atoms with E-state index >= 15 is 0 Å². The second kappa shape index (κ2) is 3.84. The van der Waals surface area contributed by atoms with Crippen molar-refractivity contribution in [3.8, 4) is 0 Å². The minimum absolute atomic E-state index is 0.0631. The van der Waals surface area contributed by atoms with Gasteiger partial charge in [0.2, 0.25) is 0 Å². The SMILES string of the molecule is C=C1C2CC3C1OC(=O)C3C2C(=O)OC1CCCC1. The average Bonchev–Trinajstić information content (AvgIpc) is 3.07. The van der Waals surface area contributed by atoms with Gasteiger partial charge >= 0.3 is 11.9 Å². The molecule has 19 heavy (non-hydrogen) atoms. The van der Waals surface area contributed by atoms with E-state index in [9.17, 15) is 9.59 Å². The molecule has 3 saturated carbocycles. The first kappa shape index (κ1) is 11.5. The van der Waals surface area contributed by atoms with Gasteiger partial charge in [-0.25, -0.2) is 0 Å². The summed E-state index contributed by atoms with van der Waals surface area (Å²) >= 11 is 0. The van der Waals surface area contributed by atoms with Gasteiger partial charge in [0.05, 0.1) is 11.8 Å². The molecule has 2 bridgehead atoms. The quantitative estimate of drug-likeness (QED) is 0.563. The van der Waals surface area contributed by atoms with E-state index in [2.05, 4.69) is 6.58 Å². The molecule has 102 valence electrons. The van der Waals surface area contributed by atoms with Crippen molar-refractivity contribution in [3.63, 3.8) is 0 Å². The first-order chi connectivity index (χ1) is 9.16. The maximum atomic E-state index is 12.4. The van der Waals surface area contributed by atoms with Gasteiger partial charge in [-0.1, -0.05) is 6.58 Å². The van der Waals surface area contributed by atoms with Gasteiger partial charge in [0.1, 0.15) is 12.2 Å². The maximum Gasteiger partial charge on any atom is 0.310 e. The molecule has 4 fully saturated rings. The predicted octanol–water partition coefficient (Wildman–Crippen LogP) is 1.84. The van der Waals surface area contributed by atoms with Crippen LogP contribution < -0.4 is 0 Å². The van der Waals surface area contributed by atoms with Gasteiger partial charge in [-0.3, -0.25) is 9.59 Å². The van der Waals surface area contributed by atoms with Crippen LogP contribution >= 0.6 is 0 Å². The molecule has 0 radical (unpaired) electrons. The smallest absolute Gasteiger partial charge is 0.310 e. The Morgan fingerprint density at radius 3 is 2.79 bits per heavy atom. The second-order valence-electron chi connectivity index (χ2n) is 6.33. The summed E-state index contributed by atoms with van der Waals surface area (Å²) in [5, 5.41) is 0. The van der Waals surface area contributed by atoms with E-state index in [1.54, 1.807) is 0 Å². The molecule has 0 aromatic carbocycles. The minimum Gasteiger partial charge on any atom is -0.462 e. The van der Waals surface area contributed by atoms with Crippen LogP contribution in [0.1, 0.15) is 32.1 Å². The van der Waals surface area contributed by atoms with Crippen LogP contribution in [0, 0.1) is 23.7 Å². The Morgan fingerprint density at radius 2 is 2.05 bits per heavy atom. The van der Waals surface area contributed by atoms with E-state index in [-0.39, 0.29) is 47.8 Å². The van der Waals surface area contributed by atoms with Gasteiger partial charge in [-0.2, -0.15) is 0 Å². The fraction of sp³-hybridized carbons (Fsp3) is 0.733. The predicted molar refractivity (Wildman–Crippen MR) is 65.9 cm³/mol. The molecular formula is C15H18O4. The lowest BCUT2D eigenvalue weighted by Gasteiger charge is -2.26. The molecule has 3 aliphatic carbocycles. The lowest BCUT2D eigenvalue weighted by atomic mass is 9.78. The lowest BCUT2D eigenvalue weighted by Crippen LogP contribution is -2.35. The van der Waals surface area contributed by atoms with Gasteiger partial charge in [0, 0.05) is 5.92 Å². The number of rotatable bonds is 2. The second-order valence-corrected chi connectivity index (χ2v) is 6.33. The third-order valence-electron chi connectivity index (χ3n) is 5.41. The zero-order chi connectivity index (χ0) is 13.1. The summed E-state index contributed by atoms with van der Waals surface area (Å²) in [6, 6.07) is 0. The zero-order valence-electron chi connectivity index (χ0n) is 10.8. The minimum atomic E-state index is -0.329. The molecule has 0 N–H and O–H groups in total. The van der Waals surface area contributed by atoms with Crippen molar-refractivity contribution in [2.24, 2.45) is 23.7 Å². The van der Waals surface area contributed by atoms with Crippen molar-refractivity contribution in [1.82, 2.24) is 0 Å². The van der Waals surface area contributed by atoms with E-state index in [0.29, 0.717) is 0 Å². The Balaban J connectivity index is 1.56. The van der Waals surface area contributed by atoms with E-state index in [1.165, 1.54) is 0 Å². The summed E-state index contributed by atoms with van der Waals surface area (Å²) in [5.41, 5.74) is 0.931. The van der Waals surface area contributed by atoms with Crippen molar-refractivity contribution in [2.75, 3.05) is 0 Å². The van der Waals surface area contributed by atoms with Crippen molar-refractivity contribution in [3.05, 3.63) is 12.2 Å². The van der Waals surface area contributed by atoms with E-state index in [0.717, 1.165) is 37.7 Å². The molecular weight excluding hydrogens is 244 g/mol. The molecule has 5 unspecified atom stereocenters. The Labute approximate surface area is 112 Å². The topological polar surface area (TPSA) is 52.6 Å². The van der Waals surface area contributed by atoms with Crippen LogP contribution in [0.2, 0.25) is 0 Å². The maximum absolute atomic E-state index is 12.4. The van der Waals surface area contributed by atoms with E-state index in [1.807, 2.05) is 0 Å². The highest BCUT2D eigenvalue weighted by molar-refractivity contribution is 5.87. The molecule has 4 rings (SSSR count). The summed E-state index contributed by atoms with van der Waals surface area (Å²) in [5.74, 6) is -0.738. The number of ether oxygens (including phenoxy) is 2. The number of hydrogen-bond donors (Lipinski definition) is 0. The van der Waals surface area contributed by atoms with E-state index in [4.69, 9.17) is 9.47 Å². The lowest BCUT2D eigenvalue weighted by molar-refractivity contribution is -0.159. The molecule has 0 aromatic rings. The standard InChI is InChI=1S/C15H18O4/c1-7-9-6-10-12(15(17)19-13(7)10)11(9)14(16)18-8-4-2-3-5-8/h8-13H,1-6H2. The van der Waals surface area contributed by atoms with Crippen molar-refractivity contribution < 1.29 is 19.1 Å². The summed E-state index contributed by atoms with van der Waals surface area (Å²) in [6.45, 7) is 4.03. The summed E-state index contributed by atoms with van der Waals surface area (Å²) in [6.07, 6.45) is 5.00. The average molecular weight is 262 g/mol. The van der Waals surface area contributed by atoms with Gasteiger partial charge in [0.25, 0.3) is 0 Å². The fourth-order valence-corrected chi connectivity index (χ4v) is 4.53. The van der Waals surface area contributed by atoms with Crippen LogP contribution in [0.15, 0.2) is 12.2 Å². The Kier molecular flexibility index (Phi) is 2.32. The normalized spacial score (nSPS) is 43.9. The van der Waals surface area contributed by atoms with Crippen LogP contribution in [0.5, 0.6) is 0 Å². The van der Waals surface area contributed by atoms with Gasteiger partial charge < -0.3 is 9.47 Å². The Morgan fingerprint density at radius 1 is 1.32 bits per heavy atom. The van der Waals surface area contributed by atoms with Crippen molar-refractivity contribution in [2.45, 2.75) is 44.3 Å². The number of hydrogen-bond acceptors (Lipinski definition) is 4. The summed E-state index contributed by atoms with van der Waals surface area (Å²) < 4.78 is 11.0. The highest BCUT2D eigenvalue weighted by Gasteiger charge is 2.66. The van der Waals surface area contributed by atoms with Crippen LogP contribution in [-0.2, 0) is 19.1 Å². The van der Waals surface area contributed by atoms with Crippen molar-refractivity contribution >= 4 is 11.9 Å². The van der Waals surface area contributed by atoms with E-state index < -0.39 is 0 Å². The molecule has 0 spiro atoms. The third kappa shape index (κ3) is 1.46. The number of esters is 2. The van der Waals surface area contributed by atoms with Crippen LogP contribution in [0.25, 0.3) is 0 Å². The zero-order valence-corrected chi connectivity index (χ0v) is 10.8. The molecule has 1 heterocycles. The van der Waals surface area contributed by atoms with Crippen LogP contribution in [0.4, 0.5) is 0 Å². The molecule has 0 aromatic heterocycles. The number of fused-ring (bicyclic) bond motifs is 1. The Bertz CT molecular complexity index is 463. The first-order valence-corrected chi connectivity index (χ1v) is 7.26. The molecule has 1 aliphatic heterocycles. The molecule has 4 nitrogen and oxygen atoms in total. The van der Waals surface area contributed by atoms with Crippen LogP contribution in [-0.4, -0.2) is 24.1 Å². The monoisotopic (exact) mass is 262 g/mol. The summed E-state index contributed by atoms with van der Waals surface area (Å²) in [7, 11) is 0. The largest absolute Gasteiger partial charge is 0.462 e.